The number of esters is 1. The third kappa shape index (κ3) is 14.2. The number of carbonyl (C=O) groups is 1. The van der Waals surface area contributed by atoms with E-state index in [4.69, 9.17) is 4.74 Å². The fraction of sp³-hybridized carbons (Fsp3) is 0.606. The molecule has 0 radical (unpaired) electrons. The monoisotopic (exact) mass is 478 g/mol. The maximum absolute atomic E-state index is 12.5. The summed E-state index contributed by atoms with van der Waals surface area (Å²) in [5.74, 6) is -0.0938. The molecule has 2 nitrogen and oxygen atoms in total. The van der Waals surface area contributed by atoms with E-state index in [1.807, 2.05) is 60.7 Å². The largest absolute Gasteiger partial charge is 0.453 e. The highest BCUT2D eigenvalue weighted by atomic mass is 16.5. The molecular weight excluding hydrogens is 428 g/mol. The standard InChI is InChI=1S/C33H50O2/c1-2-3-4-5-6-7-8-9-10-11-12-13-14-15-16-17-24-29-32(34)35-33(30-25-20-18-21-26-30)31-27-22-19-23-28-31/h18-23,25-28,33H,2-17,24,29H2,1H3. The molecule has 0 aliphatic rings. The molecule has 0 aromatic heterocycles. The molecule has 0 saturated carbocycles. The first-order valence-electron chi connectivity index (χ1n) is 14.6. The normalized spacial score (nSPS) is 11.1. The summed E-state index contributed by atoms with van der Waals surface area (Å²) >= 11 is 0. The van der Waals surface area contributed by atoms with Gasteiger partial charge in [0.05, 0.1) is 0 Å². The van der Waals surface area contributed by atoms with Gasteiger partial charge in [-0.15, -0.1) is 0 Å². The van der Waals surface area contributed by atoms with Crippen LogP contribution >= 0.6 is 0 Å². The Labute approximate surface area is 215 Å². The van der Waals surface area contributed by atoms with Crippen LogP contribution in [0.15, 0.2) is 60.7 Å². The van der Waals surface area contributed by atoms with Gasteiger partial charge >= 0.3 is 5.97 Å². The third-order valence-electron chi connectivity index (χ3n) is 6.94. The Kier molecular flexibility index (Phi) is 16.8. The number of ether oxygens (including phenoxy) is 1. The van der Waals surface area contributed by atoms with Crippen LogP contribution in [0.3, 0.4) is 0 Å². The average molecular weight is 479 g/mol. The number of hydrogen-bond donors (Lipinski definition) is 0. The van der Waals surface area contributed by atoms with Crippen molar-refractivity contribution in [1.29, 1.82) is 0 Å². The summed E-state index contributed by atoms with van der Waals surface area (Å²) in [4.78, 5) is 12.5. The molecule has 2 aromatic carbocycles. The Morgan fingerprint density at radius 1 is 0.543 bits per heavy atom. The minimum absolute atomic E-state index is 0.0938. The van der Waals surface area contributed by atoms with Crippen LogP contribution in [0, 0.1) is 0 Å². The first-order valence-corrected chi connectivity index (χ1v) is 14.6. The highest BCUT2D eigenvalue weighted by Gasteiger charge is 2.18. The fourth-order valence-corrected chi connectivity index (χ4v) is 4.77. The summed E-state index contributed by atoms with van der Waals surface area (Å²) in [7, 11) is 0. The van der Waals surface area contributed by atoms with Crippen LogP contribution in [-0.2, 0) is 9.53 Å². The first-order chi connectivity index (χ1) is 17.3. The lowest BCUT2D eigenvalue weighted by molar-refractivity contribution is -0.147. The Morgan fingerprint density at radius 2 is 0.886 bits per heavy atom. The van der Waals surface area contributed by atoms with Crippen molar-refractivity contribution >= 4 is 5.97 Å². The molecule has 0 amide bonds. The molecule has 35 heavy (non-hydrogen) atoms. The zero-order chi connectivity index (χ0) is 24.8. The number of benzene rings is 2. The minimum Gasteiger partial charge on any atom is -0.453 e. The second-order valence-electron chi connectivity index (χ2n) is 10.1. The lowest BCUT2D eigenvalue weighted by Gasteiger charge is -2.19. The first kappa shape index (κ1) is 29.1. The van der Waals surface area contributed by atoms with Crippen LogP contribution in [0.4, 0.5) is 0 Å². The van der Waals surface area contributed by atoms with Crippen LogP contribution in [0.5, 0.6) is 0 Å². The lowest BCUT2D eigenvalue weighted by atomic mass is 10.0. The van der Waals surface area contributed by atoms with Gasteiger partial charge in [-0.2, -0.15) is 0 Å². The predicted octanol–water partition coefficient (Wildman–Crippen LogP) is 10.4. The maximum Gasteiger partial charge on any atom is 0.306 e. The zero-order valence-electron chi connectivity index (χ0n) is 22.4. The van der Waals surface area contributed by atoms with Crippen LogP contribution in [-0.4, -0.2) is 5.97 Å². The topological polar surface area (TPSA) is 26.3 Å². The highest BCUT2D eigenvalue weighted by Crippen LogP contribution is 2.26. The summed E-state index contributed by atoms with van der Waals surface area (Å²) in [6.07, 6.45) is 23.1. The van der Waals surface area contributed by atoms with Gasteiger partial charge in [-0.05, 0) is 17.5 Å². The van der Waals surface area contributed by atoms with Gasteiger partial charge in [0.25, 0.3) is 0 Å². The molecular formula is C33H50O2. The van der Waals surface area contributed by atoms with Gasteiger partial charge in [0, 0.05) is 6.42 Å². The molecule has 0 unspecified atom stereocenters. The fourth-order valence-electron chi connectivity index (χ4n) is 4.77. The quantitative estimate of drug-likeness (QED) is 0.132. The highest BCUT2D eigenvalue weighted by molar-refractivity contribution is 5.70. The van der Waals surface area contributed by atoms with E-state index in [1.165, 1.54) is 96.3 Å². The van der Waals surface area contributed by atoms with Crippen molar-refractivity contribution in [2.45, 2.75) is 129 Å². The Morgan fingerprint density at radius 3 is 1.26 bits per heavy atom. The molecule has 0 saturated heterocycles. The molecule has 0 atom stereocenters. The third-order valence-corrected chi connectivity index (χ3v) is 6.94. The summed E-state index contributed by atoms with van der Waals surface area (Å²) in [5.41, 5.74) is 2.05. The van der Waals surface area contributed by atoms with Crippen molar-refractivity contribution in [3.05, 3.63) is 71.8 Å². The molecule has 2 rings (SSSR count). The Bertz CT molecular complexity index is 701. The Balaban J connectivity index is 1.45. The molecule has 0 aliphatic heterocycles. The lowest BCUT2D eigenvalue weighted by Crippen LogP contribution is -2.12. The molecule has 0 heterocycles. The van der Waals surface area contributed by atoms with Gasteiger partial charge in [-0.1, -0.05) is 170 Å². The van der Waals surface area contributed by atoms with Crippen molar-refractivity contribution in [1.82, 2.24) is 0 Å². The average Bonchev–Trinajstić information content (AvgIpc) is 2.90. The van der Waals surface area contributed by atoms with Gasteiger partial charge in [0.15, 0.2) is 6.10 Å². The van der Waals surface area contributed by atoms with Gasteiger partial charge < -0.3 is 4.74 Å². The molecule has 2 aromatic rings. The van der Waals surface area contributed by atoms with Crippen molar-refractivity contribution in [3.8, 4) is 0 Å². The van der Waals surface area contributed by atoms with E-state index in [2.05, 4.69) is 6.92 Å². The number of carbonyl (C=O) groups excluding carboxylic acids is 1. The molecule has 0 aliphatic carbocycles. The zero-order valence-corrected chi connectivity index (χ0v) is 22.4. The van der Waals surface area contributed by atoms with E-state index in [0.717, 1.165) is 24.0 Å². The summed E-state index contributed by atoms with van der Waals surface area (Å²) in [6, 6.07) is 20.1. The maximum atomic E-state index is 12.5. The number of rotatable bonds is 21. The van der Waals surface area contributed by atoms with Crippen molar-refractivity contribution in [2.24, 2.45) is 0 Å². The van der Waals surface area contributed by atoms with E-state index in [9.17, 15) is 4.79 Å². The van der Waals surface area contributed by atoms with Gasteiger partial charge in [0.1, 0.15) is 0 Å². The second kappa shape index (κ2) is 20.1. The second-order valence-corrected chi connectivity index (χ2v) is 10.1. The Hall–Kier alpha value is -2.09. The van der Waals surface area contributed by atoms with Gasteiger partial charge in [0.2, 0.25) is 0 Å². The summed E-state index contributed by atoms with van der Waals surface area (Å²) < 4.78 is 5.91. The minimum atomic E-state index is -0.323. The van der Waals surface area contributed by atoms with Gasteiger partial charge in [-0.25, -0.2) is 0 Å². The van der Waals surface area contributed by atoms with Gasteiger partial charge in [-0.3, -0.25) is 4.79 Å². The van der Waals surface area contributed by atoms with E-state index < -0.39 is 0 Å². The molecule has 0 bridgehead atoms. The smallest absolute Gasteiger partial charge is 0.306 e. The molecule has 0 fully saturated rings. The van der Waals surface area contributed by atoms with Crippen molar-refractivity contribution in [3.63, 3.8) is 0 Å². The van der Waals surface area contributed by atoms with Crippen molar-refractivity contribution < 1.29 is 9.53 Å². The van der Waals surface area contributed by atoms with E-state index in [1.54, 1.807) is 0 Å². The van der Waals surface area contributed by atoms with Crippen LogP contribution in [0.25, 0.3) is 0 Å². The molecule has 0 N–H and O–H groups in total. The van der Waals surface area contributed by atoms with E-state index in [-0.39, 0.29) is 12.1 Å². The van der Waals surface area contributed by atoms with Crippen LogP contribution < -0.4 is 0 Å². The molecule has 0 spiro atoms. The van der Waals surface area contributed by atoms with E-state index >= 15 is 0 Å². The van der Waals surface area contributed by atoms with E-state index in [0.29, 0.717) is 6.42 Å². The van der Waals surface area contributed by atoms with Crippen LogP contribution in [0.1, 0.15) is 140 Å². The van der Waals surface area contributed by atoms with Crippen molar-refractivity contribution in [2.75, 3.05) is 0 Å². The SMILES string of the molecule is CCCCCCCCCCCCCCCCCCCC(=O)OC(c1ccccc1)c1ccccc1. The van der Waals surface area contributed by atoms with Crippen LogP contribution in [0.2, 0.25) is 0 Å². The summed E-state index contributed by atoms with van der Waals surface area (Å²) in [5, 5.41) is 0. The molecule has 194 valence electrons. The molecule has 2 heteroatoms. The predicted molar refractivity (Wildman–Crippen MR) is 150 cm³/mol. The number of hydrogen-bond acceptors (Lipinski definition) is 2. The summed E-state index contributed by atoms with van der Waals surface area (Å²) in [6.45, 7) is 2.29. The number of unbranched alkanes of at least 4 members (excludes halogenated alkanes) is 16.